The van der Waals surface area contributed by atoms with Gasteiger partial charge in [-0.3, -0.25) is 4.98 Å². The molecule has 1 heteroatoms. The summed E-state index contributed by atoms with van der Waals surface area (Å²) in [6.45, 7) is 4.13. The van der Waals surface area contributed by atoms with E-state index >= 15 is 0 Å². The van der Waals surface area contributed by atoms with E-state index in [2.05, 4.69) is 78.7 Å². The largest absolute Gasteiger partial charge is 0.253 e. The highest BCUT2D eigenvalue weighted by Gasteiger charge is 1.99. The SMILES string of the molecule is Cc1ccc(/C=C/c2cccc3ccc(C)nc23)cc1. The number of fused-ring (bicyclic) bond motifs is 1. The second kappa shape index (κ2) is 5.30. The number of hydrogen-bond donors (Lipinski definition) is 0. The molecule has 0 atom stereocenters. The third kappa shape index (κ3) is 2.62. The molecule has 1 nitrogen and oxygen atoms in total. The van der Waals surface area contributed by atoms with Crippen LogP contribution in [-0.4, -0.2) is 4.98 Å². The zero-order chi connectivity index (χ0) is 13.9. The summed E-state index contributed by atoms with van der Waals surface area (Å²) in [5.41, 5.74) is 5.76. The number of aryl methyl sites for hydroxylation is 2. The van der Waals surface area contributed by atoms with Crippen LogP contribution in [0.5, 0.6) is 0 Å². The molecule has 1 heterocycles. The van der Waals surface area contributed by atoms with Gasteiger partial charge >= 0.3 is 0 Å². The normalized spacial score (nSPS) is 11.3. The lowest BCUT2D eigenvalue weighted by molar-refractivity contribution is 1.25. The predicted octanol–water partition coefficient (Wildman–Crippen LogP) is 5.02. The van der Waals surface area contributed by atoms with E-state index in [0.717, 1.165) is 16.8 Å². The fraction of sp³-hybridized carbons (Fsp3) is 0.105. The molecule has 0 amide bonds. The second-order valence-corrected chi connectivity index (χ2v) is 5.12. The lowest BCUT2D eigenvalue weighted by atomic mass is 10.1. The first-order valence-electron chi connectivity index (χ1n) is 6.83. The number of pyridine rings is 1. The third-order valence-corrected chi connectivity index (χ3v) is 3.42. The monoisotopic (exact) mass is 259 g/mol. The topological polar surface area (TPSA) is 12.9 Å². The van der Waals surface area contributed by atoms with Crippen molar-refractivity contribution in [3.63, 3.8) is 0 Å². The van der Waals surface area contributed by atoms with Crippen LogP contribution < -0.4 is 0 Å². The number of rotatable bonds is 2. The Labute approximate surface area is 119 Å². The molecule has 20 heavy (non-hydrogen) atoms. The van der Waals surface area contributed by atoms with Gasteiger partial charge < -0.3 is 0 Å². The van der Waals surface area contributed by atoms with Crippen molar-refractivity contribution in [2.45, 2.75) is 13.8 Å². The van der Waals surface area contributed by atoms with Gasteiger partial charge in [-0.15, -0.1) is 0 Å². The minimum atomic E-state index is 1.05. The van der Waals surface area contributed by atoms with Gasteiger partial charge in [0.1, 0.15) is 0 Å². The zero-order valence-electron chi connectivity index (χ0n) is 11.8. The van der Waals surface area contributed by atoms with E-state index < -0.39 is 0 Å². The molecule has 0 N–H and O–H groups in total. The van der Waals surface area contributed by atoms with Crippen LogP contribution in [0.15, 0.2) is 54.6 Å². The van der Waals surface area contributed by atoms with Crippen LogP contribution >= 0.6 is 0 Å². The Morgan fingerprint density at radius 2 is 1.60 bits per heavy atom. The van der Waals surface area contributed by atoms with Crippen molar-refractivity contribution >= 4 is 23.1 Å². The summed E-state index contributed by atoms with van der Waals surface area (Å²) in [5.74, 6) is 0. The fourth-order valence-electron chi connectivity index (χ4n) is 2.27. The van der Waals surface area contributed by atoms with E-state index in [0.29, 0.717) is 0 Å². The van der Waals surface area contributed by atoms with E-state index in [1.807, 2.05) is 6.92 Å². The summed E-state index contributed by atoms with van der Waals surface area (Å²) in [6.07, 6.45) is 4.28. The highest BCUT2D eigenvalue weighted by molar-refractivity contribution is 5.89. The highest BCUT2D eigenvalue weighted by atomic mass is 14.7. The summed E-state index contributed by atoms with van der Waals surface area (Å²) >= 11 is 0. The summed E-state index contributed by atoms with van der Waals surface area (Å²) in [6, 6.07) is 19.0. The average molecular weight is 259 g/mol. The van der Waals surface area contributed by atoms with E-state index in [1.54, 1.807) is 0 Å². The summed E-state index contributed by atoms with van der Waals surface area (Å²) in [5, 5.41) is 1.18. The van der Waals surface area contributed by atoms with Gasteiger partial charge in [0.25, 0.3) is 0 Å². The van der Waals surface area contributed by atoms with Gasteiger partial charge in [0.2, 0.25) is 0 Å². The van der Waals surface area contributed by atoms with Crippen molar-refractivity contribution in [2.75, 3.05) is 0 Å². The summed E-state index contributed by atoms with van der Waals surface area (Å²) in [4.78, 5) is 4.65. The molecule has 0 aliphatic rings. The number of para-hydroxylation sites is 1. The van der Waals surface area contributed by atoms with E-state index in [1.165, 1.54) is 16.5 Å². The standard InChI is InChI=1S/C19H17N/c1-14-6-9-16(10-7-14)11-13-18-5-3-4-17-12-8-15(2)20-19(17)18/h3-13H,1-2H3/b13-11+. The molecule has 0 saturated carbocycles. The molecule has 3 rings (SSSR count). The molecule has 1 aromatic heterocycles. The first-order chi connectivity index (χ1) is 9.72. The molecule has 98 valence electrons. The number of aromatic nitrogens is 1. The predicted molar refractivity (Wildman–Crippen MR) is 86.6 cm³/mol. The van der Waals surface area contributed by atoms with Crippen LogP contribution in [0.4, 0.5) is 0 Å². The Bertz CT molecular complexity index is 767. The third-order valence-electron chi connectivity index (χ3n) is 3.42. The lowest BCUT2D eigenvalue weighted by Gasteiger charge is -2.03. The Morgan fingerprint density at radius 3 is 2.40 bits per heavy atom. The van der Waals surface area contributed by atoms with Gasteiger partial charge in [-0.2, -0.15) is 0 Å². The van der Waals surface area contributed by atoms with Crippen LogP contribution in [0.25, 0.3) is 23.1 Å². The van der Waals surface area contributed by atoms with E-state index in [9.17, 15) is 0 Å². The quantitative estimate of drug-likeness (QED) is 0.589. The van der Waals surface area contributed by atoms with E-state index in [4.69, 9.17) is 0 Å². The first-order valence-corrected chi connectivity index (χ1v) is 6.83. The van der Waals surface area contributed by atoms with Crippen molar-refractivity contribution in [1.82, 2.24) is 4.98 Å². The van der Waals surface area contributed by atoms with Crippen LogP contribution in [-0.2, 0) is 0 Å². The van der Waals surface area contributed by atoms with Crippen molar-refractivity contribution in [3.05, 3.63) is 77.0 Å². The zero-order valence-corrected chi connectivity index (χ0v) is 11.8. The van der Waals surface area contributed by atoms with Gasteiger partial charge in [-0.1, -0.05) is 66.2 Å². The molecule has 0 aliphatic carbocycles. The summed E-state index contributed by atoms with van der Waals surface area (Å²) in [7, 11) is 0. The number of nitrogens with zero attached hydrogens (tertiary/aromatic N) is 1. The molecule has 2 aromatic carbocycles. The van der Waals surface area contributed by atoms with Gasteiger partial charge in [0, 0.05) is 16.6 Å². The van der Waals surface area contributed by atoms with Crippen LogP contribution in [0.1, 0.15) is 22.4 Å². The smallest absolute Gasteiger partial charge is 0.0777 e. The lowest BCUT2D eigenvalue weighted by Crippen LogP contribution is -1.86. The molecule has 0 bridgehead atoms. The Hall–Kier alpha value is -2.41. The molecule has 0 spiro atoms. The van der Waals surface area contributed by atoms with Crippen molar-refractivity contribution in [3.8, 4) is 0 Å². The first kappa shape index (κ1) is 12.6. The van der Waals surface area contributed by atoms with Gasteiger partial charge in [0.05, 0.1) is 5.52 Å². The second-order valence-electron chi connectivity index (χ2n) is 5.12. The van der Waals surface area contributed by atoms with Crippen molar-refractivity contribution in [1.29, 1.82) is 0 Å². The van der Waals surface area contributed by atoms with E-state index in [-0.39, 0.29) is 0 Å². The molecule has 0 unspecified atom stereocenters. The highest BCUT2D eigenvalue weighted by Crippen LogP contribution is 2.19. The van der Waals surface area contributed by atoms with Crippen molar-refractivity contribution < 1.29 is 0 Å². The maximum atomic E-state index is 4.65. The van der Waals surface area contributed by atoms with Gasteiger partial charge in [-0.25, -0.2) is 0 Å². The maximum absolute atomic E-state index is 4.65. The molecule has 0 fully saturated rings. The van der Waals surface area contributed by atoms with Gasteiger partial charge in [0.15, 0.2) is 0 Å². The minimum absolute atomic E-state index is 1.05. The Morgan fingerprint density at radius 1 is 0.800 bits per heavy atom. The maximum Gasteiger partial charge on any atom is 0.0777 e. The molecule has 3 aromatic rings. The number of benzene rings is 2. The van der Waals surface area contributed by atoms with Crippen LogP contribution in [0.2, 0.25) is 0 Å². The molecule has 0 aliphatic heterocycles. The number of hydrogen-bond acceptors (Lipinski definition) is 1. The summed E-state index contributed by atoms with van der Waals surface area (Å²) < 4.78 is 0. The minimum Gasteiger partial charge on any atom is -0.253 e. The Kier molecular flexibility index (Phi) is 3.34. The van der Waals surface area contributed by atoms with Gasteiger partial charge in [-0.05, 0) is 25.5 Å². The molecular formula is C19H17N. The van der Waals surface area contributed by atoms with Crippen LogP contribution in [0, 0.1) is 13.8 Å². The van der Waals surface area contributed by atoms with Crippen LogP contribution in [0.3, 0.4) is 0 Å². The average Bonchev–Trinajstić information content (AvgIpc) is 2.47. The fourth-order valence-corrected chi connectivity index (χ4v) is 2.27. The molecule has 0 radical (unpaired) electrons. The molecular weight excluding hydrogens is 242 g/mol. The molecule has 0 saturated heterocycles. The van der Waals surface area contributed by atoms with Crippen molar-refractivity contribution in [2.24, 2.45) is 0 Å². The Balaban J connectivity index is 2.02.